The Morgan fingerprint density at radius 3 is 2.37 bits per heavy atom. The van der Waals surface area contributed by atoms with Crippen LogP contribution in [0, 0.1) is 5.92 Å². The largest absolute Gasteiger partial charge is 0.394 e. The summed E-state index contributed by atoms with van der Waals surface area (Å²) < 4.78 is 0. The SMILES string of the molecule is CC(C)CCC/C=C/[C@@H](O)[C@H](CO)NC(=O)C(C)O. The van der Waals surface area contributed by atoms with Crippen LogP contribution in [-0.2, 0) is 4.79 Å². The molecule has 0 heterocycles. The van der Waals surface area contributed by atoms with Crippen molar-refractivity contribution in [3.05, 3.63) is 12.2 Å². The highest BCUT2D eigenvalue weighted by molar-refractivity contribution is 5.80. The van der Waals surface area contributed by atoms with E-state index in [1.165, 1.54) is 6.92 Å². The van der Waals surface area contributed by atoms with Crippen molar-refractivity contribution < 1.29 is 20.1 Å². The second-order valence-corrected chi connectivity index (χ2v) is 5.22. The number of aliphatic hydroxyl groups is 3. The van der Waals surface area contributed by atoms with Crippen LogP contribution in [0.4, 0.5) is 0 Å². The van der Waals surface area contributed by atoms with Crippen LogP contribution < -0.4 is 5.32 Å². The molecule has 0 fully saturated rings. The maximum atomic E-state index is 11.3. The predicted octanol–water partition coefficient (Wildman–Crippen LogP) is 0.588. The topological polar surface area (TPSA) is 89.8 Å². The number of unbranched alkanes of at least 4 members (excludes halogenated alkanes) is 1. The van der Waals surface area contributed by atoms with Gasteiger partial charge in [-0.25, -0.2) is 0 Å². The molecule has 0 saturated carbocycles. The van der Waals surface area contributed by atoms with Crippen LogP contribution in [0.3, 0.4) is 0 Å². The average Bonchev–Trinajstić information content (AvgIpc) is 2.34. The minimum atomic E-state index is -1.16. The van der Waals surface area contributed by atoms with Crippen LogP contribution in [0.2, 0.25) is 0 Å². The number of hydrogen-bond donors (Lipinski definition) is 4. The molecule has 112 valence electrons. The Balaban J connectivity index is 4.09. The molecule has 1 unspecified atom stereocenters. The molecule has 0 aliphatic heterocycles. The number of nitrogens with one attached hydrogen (secondary N) is 1. The number of hydrogen-bond acceptors (Lipinski definition) is 4. The quantitative estimate of drug-likeness (QED) is 0.365. The smallest absolute Gasteiger partial charge is 0.248 e. The van der Waals surface area contributed by atoms with Crippen molar-refractivity contribution in [2.24, 2.45) is 5.92 Å². The molecule has 19 heavy (non-hydrogen) atoms. The number of carbonyl (C=O) groups is 1. The van der Waals surface area contributed by atoms with Gasteiger partial charge in [-0.2, -0.15) is 0 Å². The van der Waals surface area contributed by atoms with Crippen LogP contribution in [-0.4, -0.2) is 46.1 Å². The van der Waals surface area contributed by atoms with E-state index >= 15 is 0 Å². The van der Waals surface area contributed by atoms with Crippen molar-refractivity contribution in [1.82, 2.24) is 5.32 Å². The molecule has 0 rings (SSSR count). The number of aliphatic hydroxyl groups excluding tert-OH is 3. The summed E-state index contributed by atoms with van der Waals surface area (Å²) in [4.78, 5) is 11.3. The summed E-state index contributed by atoms with van der Waals surface area (Å²) in [6.45, 7) is 5.27. The van der Waals surface area contributed by atoms with Crippen LogP contribution >= 0.6 is 0 Å². The zero-order chi connectivity index (χ0) is 14.8. The number of carbonyl (C=O) groups excluding carboxylic acids is 1. The molecule has 0 aliphatic rings. The molecule has 5 nitrogen and oxygen atoms in total. The van der Waals surface area contributed by atoms with Crippen LogP contribution in [0.5, 0.6) is 0 Å². The molecule has 0 bridgehead atoms. The summed E-state index contributed by atoms with van der Waals surface area (Å²) in [5.74, 6) is 0.0557. The maximum Gasteiger partial charge on any atom is 0.248 e. The second-order valence-electron chi connectivity index (χ2n) is 5.22. The average molecular weight is 273 g/mol. The Morgan fingerprint density at radius 2 is 1.89 bits per heavy atom. The van der Waals surface area contributed by atoms with Gasteiger partial charge in [0.05, 0.1) is 18.8 Å². The summed E-state index contributed by atoms with van der Waals surface area (Å²) in [5.41, 5.74) is 0. The second kappa shape index (κ2) is 9.95. The highest BCUT2D eigenvalue weighted by Crippen LogP contribution is 2.07. The van der Waals surface area contributed by atoms with Crippen molar-refractivity contribution in [3.63, 3.8) is 0 Å². The normalized spacial score (nSPS) is 16.6. The van der Waals surface area contributed by atoms with E-state index in [0.29, 0.717) is 5.92 Å². The molecule has 0 spiro atoms. The van der Waals surface area contributed by atoms with E-state index in [1.807, 2.05) is 6.08 Å². The fourth-order valence-corrected chi connectivity index (χ4v) is 1.56. The first-order chi connectivity index (χ1) is 8.88. The van der Waals surface area contributed by atoms with E-state index in [1.54, 1.807) is 6.08 Å². The molecule has 0 aromatic heterocycles. The fourth-order valence-electron chi connectivity index (χ4n) is 1.56. The van der Waals surface area contributed by atoms with Crippen molar-refractivity contribution in [1.29, 1.82) is 0 Å². The molecule has 3 atom stereocenters. The summed E-state index contributed by atoms with van der Waals surface area (Å²) in [6.07, 6.45) is 4.35. The lowest BCUT2D eigenvalue weighted by molar-refractivity contribution is -0.130. The van der Waals surface area contributed by atoms with Gasteiger partial charge in [-0.05, 0) is 25.7 Å². The monoisotopic (exact) mass is 273 g/mol. The van der Waals surface area contributed by atoms with E-state index in [2.05, 4.69) is 19.2 Å². The van der Waals surface area contributed by atoms with Gasteiger partial charge in [-0.15, -0.1) is 0 Å². The number of rotatable bonds is 9. The molecular weight excluding hydrogens is 246 g/mol. The lowest BCUT2D eigenvalue weighted by Crippen LogP contribution is -2.48. The van der Waals surface area contributed by atoms with Gasteiger partial charge in [-0.1, -0.05) is 32.4 Å². The first kappa shape index (κ1) is 18.1. The lowest BCUT2D eigenvalue weighted by atomic mass is 10.1. The molecule has 0 radical (unpaired) electrons. The highest BCUT2D eigenvalue weighted by atomic mass is 16.3. The van der Waals surface area contributed by atoms with Gasteiger partial charge in [0.15, 0.2) is 0 Å². The minimum Gasteiger partial charge on any atom is -0.394 e. The molecule has 1 amide bonds. The van der Waals surface area contributed by atoms with E-state index < -0.39 is 24.2 Å². The summed E-state index contributed by atoms with van der Waals surface area (Å²) >= 11 is 0. The van der Waals surface area contributed by atoms with Crippen molar-refractivity contribution >= 4 is 5.91 Å². The van der Waals surface area contributed by atoms with Gasteiger partial charge in [0, 0.05) is 0 Å². The van der Waals surface area contributed by atoms with Crippen LogP contribution in [0.1, 0.15) is 40.0 Å². The van der Waals surface area contributed by atoms with E-state index in [-0.39, 0.29) is 6.61 Å². The third-order valence-corrected chi connectivity index (χ3v) is 2.80. The van der Waals surface area contributed by atoms with Crippen LogP contribution in [0.15, 0.2) is 12.2 Å². The molecule has 0 saturated heterocycles. The summed E-state index contributed by atoms with van der Waals surface area (Å²) in [5, 5.41) is 30.4. The van der Waals surface area contributed by atoms with Gasteiger partial charge in [0.2, 0.25) is 5.91 Å². The zero-order valence-electron chi connectivity index (χ0n) is 12.0. The molecule has 4 N–H and O–H groups in total. The van der Waals surface area contributed by atoms with E-state index in [9.17, 15) is 9.90 Å². The predicted molar refractivity (Wildman–Crippen MR) is 74.5 cm³/mol. The molecule has 0 aromatic rings. The van der Waals surface area contributed by atoms with Gasteiger partial charge >= 0.3 is 0 Å². The number of amides is 1. The summed E-state index contributed by atoms with van der Waals surface area (Å²) in [6, 6.07) is -0.788. The molecular formula is C14H27NO4. The fraction of sp³-hybridized carbons (Fsp3) is 0.786. The zero-order valence-corrected chi connectivity index (χ0v) is 12.0. The minimum absolute atomic E-state index is 0.379. The van der Waals surface area contributed by atoms with Crippen molar-refractivity contribution in [3.8, 4) is 0 Å². The standard InChI is InChI=1S/C14H27NO4/c1-10(2)7-5-4-6-8-13(18)12(9-16)15-14(19)11(3)17/h6,8,10-13,16-18H,4-5,7,9H2,1-3H3,(H,15,19)/b8-6+/t11?,12-,13+/m0/s1. The van der Waals surface area contributed by atoms with E-state index in [4.69, 9.17) is 10.2 Å². The van der Waals surface area contributed by atoms with Gasteiger partial charge in [0.25, 0.3) is 0 Å². The van der Waals surface area contributed by atoms with Gasteiger partial charge < -0.3 is 20.6 Å². The Morgan fingerprint density at radius 1 is 1.26 bits per heavy atom. The van der Waals surface area contributed by atoms with Crippen molar-refractivity contribution in [2.45, 2.75) is 58.3 Å². The first-order valence-electron chi connectivity index (χ1n) is 6.82. The maximum absolute atomic E-state index is 11.3. The van der Waals surface area contributed by atoms with E-state index in [0.717, 1.165) is 19.3 Å². The Hall–Kier alpha value is -0.910. The lowest BCUT2D eigenvalue weighted by Gasteiger charge is -2.20. The molecule has 0 aromatic carbocycles. The Labute approximate surface area is 115 Å². The third kappa shape index (κ3) is 8.75. The highest BCUT2D eigenvalue weighted by Gasteiger charge is 2.20. The van der Waals surface area contributed by atoms with Crippen molar-refractivity contribution in [2.75, 3.05) is 6.61 Å². The third-order valence-electron chi connectivity index (χ3n) is 2.80. The first-order valence-corrected chi connectivity index (χ1v) is 6.82. The Kier molecular flexibility index (Phi) is 9.47. The van der Waals surface area contributed by atoms with Gasteiger partial charge in [-0.3, -0.25) is 4.79 Å². The van der Waals surface area contributed by atoms with Gasteiger partial charge in [0.1, 0.15) is 6.10 Å². The Bertz CT molecular complexity index is 277. The summed E-state index contributed by atoms with van der Waals surface area (Å²) in [7, 11) is 0. The molecule has 5 heteroatoms. The van der Waals surface area contributed by atoms with Crippen LogP contribution in [0.25, 0.3) is 0 Å². The number of allylic oxidation sites excluding steroid dienone is 1. The molecule has 0 aliphatic carbocycles.